The summed E-state index contributed by atoms with van der Waals surface area (Å²) in [5, 5.41) is 8.94. The van der Waals surface area contributed by atoms with Gasteiger partial charge in [-0.25, -0.2) is 13.1 Å². The van der Waals surface area contributed by atoms with Crippen molar-refractivity contribution in [3.63, 3.8) is 0 Å². The zero-order valence-corrected chi connectivity index (χ0v) is 12.5. The first-order valence-electron chi connectivity index (χ1n) is 6.57. The molecular formula is C14H19NO4S. The van der Waals surface area contributed by atoms with Crippen LogP contribution in [-0.4, -0.2) is 25.0 Å². The van der Waals surface area contributed by atoms with Crippen molar-refractivity contribution in [1.29, 1.82) is 0 Å². The fraction of sp³-hybridized carbons (Fsp3) is 0.500. The van der Waals surface area contributed by atoms with Gasteiger partial charge in [0.05, 0.1) is 11.3 Å². The maximum atomic E-state index is 12.5. The molecule has 1 aliphatic rings. The van der Waals surface area contributed by atoms with E-state index in [-0.39, 0.29) is 11.3 Å². The van der Waals surface area contributed by atoms with Crippen LogP contribution in [0.3, 0.4) is 0 Å². The highest BCUT2D eigenvalue weighted by Crippen LogP contribution is 2.36. The lowest BCUT2D eigenvalue weighted by molar-refractivity contribution is -0.139. The first-order valence-corrected chi connectivity index (χ1v) is 8.05. The molecular weight excluding hydrogens is 278 g/mol. The largest absolute Gasteiger partial charge is 0.481 e. The van der Waals surface area contributed by atoms with Gasteiger partial charge in [0.2, 0.25) is 10.0 Å². The van der Waals surface area contributed by atoms with E-state index in [2.05, 4.69) is 4.72 Å². The van der Waals surface area contributed by atoms with Gasteiger partial charge in [0.25, 0.3) is 0 Å². The Morgan fingerprint density at radius 1 is 1.35 bits per heavy atom. The Morgan fingerprint density at radius 3 is 2.45 bits per heavy atom. The molecule has 110 valence electrons. The molecule has 2 rings (SSSR count). The van der Waals surface area contributed by atoms with Crippen LogP contribution in [-0.2, 0) is 14.8 Å². The number of carboxylic acids is 1. The van der Waals surface area contributed by atoms with E-state index in [1.165, 1.54) is 0 Å². The maximum Gasteiger partial charge on any atom is 0.305 e. The van der Waals surface area contributed by atoms with Gasteiger partial charge in [-0.2, -0.15) is 0 Å². The lowest BCUT2D eigenvalue weighted by atomic mass is 9.75. The fourth-order valence-corrected chi connectivity index (χ4v) is 4.34. The number of nitrogens with one attached hydrogen (secondary N) is 1. The summed E-state index contributed by atoms with van der Waals surface area (Å²) in [5.74, 6) is -0.979. The van der Waals surface area contributed by atoms with Gasteiger partial charge in [0, 0.05) is 5.54 Å². The number of aryl methyl sites for hydroxylation is 2. The quantitative estimate of drug-likeness (QED) is 0.870. The average Bonchev–Trinajstić information content (AvgIpc) is 2.24. The van der Waals surface area contributed by atoms with Crippen LogP contribution >= 0.6 is 0 Å². The third-order valence-electron chi connectivity index (χ3n) is 3.77. The van der Waals surface area contributed by atoms with Crippen LogP contribution in [0.4, 0.5) is 0 Å². The zero-order chi connectivity index (χ0) is 15.0. The van der Waals surface area contributed by atoms with Gasteiger partial charge >= 0.3 is 5.97 Å². The van der Waals surface area contributed by atoms with Gasteiger partial charge in [-0.05, 0) is 44.7 Å². The minimum absolute atomic E-state index is 0.170. The third-order valence-corrected chi connectivity index (χ3v) is 5.51. The highest BCUT2D eigenvalue weighted by atomic mass is 32.2. The molecule has 1 aromatic rings. The van der Waals surface area contributed by atoms with Crippen molar-refractivity contribution >= 4 is 16.0 Å². The molecule has 20 heavy (non-hydrogen) atoms. The number of rotatable bonds is 5. The topological polar surface area (TPSA) is 83.5 Å². The summed E-state index contributed by atoms with van der Waals surface area (Å²) < 4.78 is 27.5. The fourth-order valence-electron chi connectivity index (χ4n) is 2.65. The van der Waals surface area contributed by atoms with E-state index < -0.39 is 21.5 Å². The van der Waals surface area contributed by atoms with E-state index in [1.807, 2.05) is 6.92 Å². The Morgan fingerprint density at radius 2 is 2.00 bits per heavy atom. The molecule has 0 radical (unpaired) electrons. The Bertz CT molecular complexity index is 633. The van der Waals surface area contributed by atoms with Crippen molar-refractivity contribution in [2.45, 2.75) is 50.0 Å². The van der Waals surface area contributed by atoms with Gasteiger partial charge in [0.1, 0.15) is 0 Å². The van der Waals surface area contributed by atoms with Gasteiger partial charge in [-0.1, -0.05) is 17.7 Å². The second-order valence-electron chi connectivity index (χ2n) is 5.58. The number of sulfonamides is 1. The molecule has 0 amide bonds. The van der Waals surface area contributed by atoms with E-state index in [9.17, 15) is 13.2 Å². The van der Waals surface area contributed by atoms with E-state index >= 15 is 0 Å². The van der Waals surface area contributed by atoms with Gasteiger partial charge in [-0.3, -0.25) is 4.79 Å². The molecule has 0 aromatic heterocycles. The molecule has 1 aromatic carbocycles. The van der Waals surface area contributed by atoms with Crippen molar-refractivity contribution in [3.05, 3.63) is 29.3 Å². The summed E-state index contributed by atoms with van der Waals surface area (Å²) in [4.78, 5) is 11.1. The van der Waals surface area contributed by atoms with E-state index in [0.717, 1.165) is 12.0 Å². The summed E-state index contributed by atoms with van der Waals surface area (Å²) in [6, 6.07) is 5.12. The second-order valence-corrected chi connectivity index (χ2v) is 7.23. The van der Waals surface area contributed by atoms with Gasteiger partial charge in [-0.15, -0.1) is 0 Å². The summed E-state index contributed by atoms with van der Waals surface area (Å²) >= 11 is 0. The van der Waals surface area contributed by atoms with Crippen LogP contribution < -0.4 is 4.72 Å². The van der Waals surface area contributed by atoms with Gasteiger partial charge < -0.3 is 5.11 Å². The Hall–Kier alpha value is -1.40. The van der Waals surface area contributed by atoms with Crippen LogP contribution in [0.25, 0.3) is 0 Å². The summed E-state index contributed by atoms with van der Waals surface area (Å²) in [6.45, 7) is 3.64. The Kier molecular flexibility index (Phi) is 3.88. The molecule has 2 N–H and O–H groups in total. The van der Waals surface area contributed by atoms with Gasteiger partial charge in [0.15, 0.2) is 0 Å². The highest BCUT2D eigenvalue weighted by molar-refractivity contribution is 7.89. The van der Waals surface area contributed by atoms with Crippen molar-refractivity contribution in [3.8, 4) is 0 Å². The number of benzene rings is 1. The molecule has 0 spiro atoms. The standard InChI is InChI=1S/C14H19NO4S/c1-10-4-5-12(11(2)8-10)20(18,19)15-14(6-3-7-14)9-13(16)17/h4-5,8,15H,3,6-7,9H2,1-2H3,(H,16,17). The van der Waals surface area contributed by atoms with Crippen LogP contribution in [0, 0.1) is 13.8 Å². The summed E-state index contributed by atoms with van der Waals surface area (Å²) in [6.07, 6.45) is 1.83. The first kappa shape index (κ1) is 15.0. The monoisotopic (exact) mass is 297 g/mol. The van der Waals surface area contributed by atoms with Crippen LogP contribution in [0.2, 0.25) is 0 Å². The third kappa shape index (κ3) is 3.02. The molecule has 0 aliphatic heterocycles. The zero-order valence-electron chi connectivity index (χ0n) is 11.6. The first-order chi connectivity index (χ1) is 9.24. The molecule has 1 saturated carbocycles. The second kappa shape index (κ2) is 5.18. The maximum absolute atomic E-state index is 12.5. The number of carbonyl (C=O) groups is 1. The van der Waals surface area contributed by atoms with Crippen LogP contribution in [0.15, 0.2) is 23.1 Å². The molecule has 6 heteroatoms. The lowest BCUT2D eigenvalue weighted by Gasteiger charge is -2.41. The van der Waals surface area contributed by atoms with Crippen molar-refractivity contribution in [1.82, 2.24) is 4.72 Å². The molecule has 5 nitrogen and oxygen atoms in total. The normalized spacial score (nSPS) is 17.5. The Balaban J connectivity index is 2.29. The predicted octanol–water partition coefficient (Wildman–Crippen LogP) is 1.98. The summed E-state index contributed by atoms with van der Waals surface area (Å²) in [5.41, 5.74) is 0.842. The molecule has 1 aliphatic carbocycles. The molecule has 0 unspecified atom stereocenters. The number of carboxylic acid groups (broad SMARTS) is 1. The van der Waals surface area contributed by atoms with E-state index in [0.29, 0.717) is 18.4 Å². The van der Waals surface area contributed by atoms with Crippen molar-refractivity contribution < 1.29 is 18.3 Å². The van der Waals surface area contributed by atoms with Crippen molar-refractivity contribution in [2.75, 3.05) is 0 Å². The molecule has 0 heterocycles. The van der Waals surface area contributed by atoms with E-state index in [1.54, 1.807) is 25.1 Å². The number of hydrogen-bond acceptors (Lipinski definition) is 3. The predicted molar refractivity (Wildman–Crippen MR) is 75.1 cm³/mol. The van der Waals surface area contributed by atoms with Crippen molar-refractivity contribution in [2.24, 2.45) is 0 Å². The molecule has 0 atom stereocenters. The molecule has 0 saturated heterocycles. The minimum atomic E-state index is -3.69. The van der Waals surface area contributed by atoms with E-state index in [4.69, 9.17) is 5.11 Å². The number of aliphatic carboxylic acids is 1. The van der Waals surface area contributed by atoms with Crippen LogP contribution in [0.1, 0.15) is 36.8 Å². The molecule has 1 fully saturated rings. The highest BCUT2D eigenvalue weighted by Gasteiger charge is 2.42. The number of hydrogen-bond donors (Lipinski definition) is 2. The minimum Gasteiger partial charge on any atom is -0.481 e. The average molecular weight is 297 g/mol. The lowest BCUT2D eigenvalue weighted by Crippen LogP contribution is -2.54. The molecule has 0 bridgehead atoms. The van der Waals surface area contributed by atoms with Crippen LogP contribution in [0.5, 0.6) is 0 Å². The summed E-state index contributed by atoms with van der Waals surface area (Å²) in [7, 11) is -3.69. The SMILES string of the molecule is Cc1ccc(S(=O)(=O)NC2(CC(=O)O)CCC2)c(C)c1. The smallest absolute Gasteiger partial charge is 0.305 e. The Labute approximate surface area is 119 Å².